The molecule has 1 spiro atoms. The van der Waals surface area contributed by atoms with Crippen LogP contribution in [0.25, 0.3) is 0 Å². The summed E-state index contributed by atoms with van der Waals surface area (Å²) in [6, 6.07) is 0. The van der Waals surface area contributed by atoms with Crippen LogP contribution in [0, 0.1) is 34.5 Å². The van der Waals surface area contributed by atoms with Crippen molar-refractivity contribution in [3.63, 3.8) is 0 Å². The number of aliphatic hydroxyl groups excluding tert-OH is 1. The maximum absolute atomic E-state index is 10.6. The minimum atomic E-state index is -0.473. The smallest absolute Gasteiger partial charge is 0.163 e. The largest absolute Gasteiger partial charge is 0.396 e. The summed E-state index contributed by atoms with van der Waals surface area (Å²) in [5.74, 6) is 2.13. The highest BCUT2D eigenvalue weighted by atomic mass is 16.7. The molecule has 24 heavy (non-hydrogen) atoms. The SMILES string of the molecule is CC1[C@@H]2CC3C4(CO)CCCCC4C[C@H]4OC(C)(C)O[C@@]1(C2)C34C. The van der Waals surface area contributed by atoms with Crippen LogP contribution in [0.1, 0.15) is 72.6 Å². The first kappa shape index (κ1) is 16.1. The Balaban J connectivity index is 1.66. The number of fused-ring (bicyclic) bond motifs is 1. The van der Waals surface area contributed by atoms with Gasteiger partial charge in [0.15, 0.2) is 5.79 Å². The Kier molecular flexibility index (Phi) is 3.07. The number of hydrogen-bond donors (Lipinski definition) is 1. The fourth-order valence-corrected chi connectivity index (χ4v) is 8.33. The molecule has 1 aliphatic heterocycles. The Bertz CT molecular complexity index is 559. The van der Waals surface area contributed by atoms with Gasteiger partial charge < -0.3 is 14.6 Å². The van der Waals surface area contributed by atoms with Crippen LogP contribution in [0.4, 0.5) is 0 Å². The van der Waals surface area contributed by atoms with Gasteiger partial charge in [-0.3, -0.25) is 0 Å². The number of aliphatic hydroxyl groups is 1. The van der Waals surface area contributed by atoms with Gasteiger partial charge in [0.25, 0.3) is 0 Å². The molecule has 5 unspecified atom stereocenters. The lowest BCUT2D eigenvalue weighted by Crippen LogP contribution is -2.82. The van der Waals surface area contributed by atoms with Gasteiger partial charge in [-0.15, -0.1) is 0 Å². The molecule has 1 N–H and O–H groups in total. The van der Waals surface area contributed by atoms with E-state index in [1.54, 1.807) is 0 Å². The monoisotopic (exact) mass is 334 g/mol. The van der Waals surface area contributed by atoms with Crippen molar-refractivity contribution in [2.45, 2.75) is 90.1 Å². The maximum Gasteiger partial charge on any atom is 0.163 e. The molecule has 0 amide bonds. The molecule has 0 aromatic rings. The third kappa shape index (κ3) is 1.57. The third-order valence-electron chi connectivity index (χ3n) is 9.45. The third-order valence-corrected chi connectivity index (χ3v) is 9.45. The van der Waals surface area contributed by atoms with Crippen molar-refractivity contribution in [1.82, 2.24) is 0 Å². The minimum absolute atomic E-state index is 0.0302. The Morgan fingerprint density at radius 2 is 1.92 bits per heavy atom. The molecule has 0 aromatic carbocycles. The molecule has 8 atom stereocenters. The van der Waals surface area contributed by atoms with Gasteiger partial charge in [0, 0.05) is 12.0 Å². The molecule has 6 fully saturated rings. The van der Waals surface area contributed by atoms with Crippen molar-refractivity contribution in [1.29, 1.82) is 0 Å². The molecule has 1 heterocycles. The zero-order valence-corrected chi connectivity index (χ0v) is 15.8. The van der Waals surface area contributed by atoms with E-state index in [0.29, 0.717) is 24.4 Å². The van der Waals surface area contributed by atoms with Crippen molar-refractivity contribution in [2.75, 3.05) is 6.61 Å². The maximum atomic E-state index is 10.6. The fraction of sp³-hybridized carbons (Fsp3) is 1.00. The first-order valence-electron chi connectivity index (χ1n) is 10.3. The van der Waals surface area contributed by atoms with Crippen molar-refractivity contribution >= 4 is 0 Å². The Morgan fingerprint density at radius 1 is 1.12 bits per heavy atom. The van der Waals surface area contributed by atoms with E-state index in [-0.39, 0.29) is 22.5 Å². The van der Waals surface area contributed by atoms with Crippen molar-refractivity contribution in [3.05, 3.63) is 0 Å². The molecule has 3 heteroatoms. The van der Waals surface area contributed by atoms with Crippen LogP contribution in [-0.4, -0.2) is 29.2 Å². The molecular formula is C21H34O3. The Hall–Kier alpha value is -0.120. The van der Waals surface area contributed by atoms with Crippen LogP contribution in [0.15, 0.2) is 0 Å². The summed E-state index contributed by atoms with van der Waals surface area (Å²) in [4.78, 5) is 0. The van der Waals surface area contributed by atoms with E-state index in [1.165, 1.54) is 38.5 Å². The van der Waals surface area contributed by atoms with E-state index in [1.807, 2.05) is 0 Å². The molecule has 5 aliphatic carbocycles. The number of hydrogen-bond acceptors (Lipinski definition) is 3. The highest BCUT2D eigenvalue weighted by Gasteiger charge is 2.79. The highest BCUT2D eigenvalue weighted by Crippen LogP contribution is 2.77. The quantitative estimate of drug-likeness (QED) is 0.783. The van der Waals surface area contributed by atoms with Crippen molar-refractivity contribution in [3.8, 4) is 0 Å². The van der Waals surface area contributed by atoms with Gasteiger partial charge in [-0.05, 0) is 75.0 Å². The molecule has 2 bridgehead atoms. The van der Waals surface area contributed by atoms with Gasteiger partial charge in [0.2, 0.25) is 0 Å². The van der Waals surface area contributed by atoms with E-state index < -0.39 is 5.79 Å². The average molecular weight is 335 g/mol. The molecular weight excluding hydrogens is 300 g/mol. The predicted octanol–water partition coefficient (Wildman–Crippen LogP) is 4.13. The summed E-state index contributed by atoms with van der Waals surface area (Å²) in [5.41, 5.74) is 0.159. The van der Waals surface area contributed by atoms with Crippen molar-refractivity contribution in [2.24, 2.45) is 34.5 Å². The first-order chi connectivity index (χ1) is 11.3. The molecule has 0 radical (unpaired) electrons. The van der Waals surface area contributed by atoms with Crippen LogP contribution in [-0.2, 0) is 9.47 Å². The van der Waals surface area contributed by atoms with Gasteiger partial charge >= 0.3 is 0 Å². The second-order valence-corrected chi connectivity index (χ2v) is 10.4. The van der Waals surface area contributed by atoms with Gasteiger partial charge in [-0.25, -0.2) is 0 Å². The lowest BCUT2D eigenvalue weighted by Gasteiger charge is -2.79. The van der Waals surface area contributed by atoms with Gasteiger partial charge in [0.1, 0.15) is 0 Å². The fourth-order valence-electron chi connectivity index (χ4n) is 8.33. The average Bonchev–Trinajstić information content (AvgIpc) is 2.54. The van der Waals surface area contributed by atoms with Crippen LogP contribution in [0.5, 0.6) is 0 Å². The van der Waals surface area contributed by atoms with Gasteiger partial charge in [0.05, 0.1) is 11.7 Å². The van der Waals surface area contributed by atoms with E-state index in [9.17, 15) is 5.11 Å². The standard InChI is InChI=1S/C21H34O3/c1-13-14-9-16-19(4)17(23-18(2,3)24-21(13,19)11-14)10-15-7-5-6-8-20(15,16)12-22/h13-17,22H,5-12H2,1-4H3/t13?,14-,15?,16?,17-,19?,20?,21-/m1/s1. The summed E-state index contributed by atoms with van der Waals surface area (Å²) in [7, 11) is 0. The Morgan fingerprint density at radius 3 is 2.62 bits per heavy atom. The van der Waals surface area contributed by atoms with E-state index in [0.717, 1.165) is 12.3 Å². The molecule has 6 rings (SSSR count). The van der Waals surface area contributed by atoms with E-state index in [4.69, 9.17) is 9.47 Å². The molecule has 0 aromatic heterocycles. The van der Waals surface area contributed by atoms with Crippen LogP contribution in [0.2, 0.25) is 0 Å². The van der Waals surface area contributed by atoms with E-state index >= 15 is 0 Å². The second-order valence-electron chi connectivity index (χ2n) is 10.4. The predicted molar refractivity (Wildman–Crippen MR) is 92.3 cm³/mol. The van der Waals surface area contributed by atoms with Gasteiger partial charge in [-0.2, -0.15) is 0 Å². The summed E-state index contributed by atoms with van der Waals surface area (Å²) >= 11 is 0. The number of rotatable bonds is 1. The van der Waals surface area contributed by atoms with Gasteiger partial charge in [-0.1, -0.05) is 26.7 Å². The molecule has 3 nitrogen and oxygen atoms in total. The summed E-state index contributed by atoms with van der Waals surface area (Å²) in [6.07, 6.45) is 9.00. The van der Waals surface area contributed by atoms with Crippen LogP contribution in [0.3, 0.4) is 0 Å². The minimum Gasteiger partial charge on any atom is -0.396 e. The molecule has 136 valence electrons. The highest BCUT2D eigenvalue weighted by molar-refractivity contribution is 5.26. The lowest BCUT2D eigenvalue weighted by molar-refractivity contribution is -0.466. The topological polar surface area (TPSA) is 38.7 Å². The van der Waals surface area contributed by atoms with Crippen LogP contribution < -0.4 is 0 Å². The Labute approximate surface area is 146 Å². The van der Waals surface area contributed by atoms with Crippen LogP contribution >= 0.6 is 0 Å². The van der Waals surface area contributed by atoms with Crippen molar-refractivity contribution < 1.29 is 14.6 Å². The molecule has 1 saturated heterocycles. The first-order valence-corrected chi connectivity index (χ1v) is 10.3. The second kappa shape index (κ2) is 4.58. The lowest BCUT2D eigenvalue weighted by atomic mass is 9.32. The zero-order chi connectivity index (χ0) is 17.0. The summed E-state index contributed by atoms with van der Waals surface area (Å²) < 4.78 is 13.3. The number of ether oxygens (including phenoxy) is 2. The normalized spacial score (nSPS) is 60.6. The molecule has 5 saturated carbocycles. The summed E-state index contributed by atoms with van der Waals surface area (Å²) in [6.45, 7) is 9.46. The summed E-state index contributed by atoms with van der Waals surface area (Å²) in [5, 5.41) is 10.6. The zero-order valence-electron chi connectivity index (χ0n) is 15.8. The molecule has 6 aliphatic rings. The van der Waals surface area contributed by atoms with E-state index in [2.05, 4.69) is 27.7 Å².